The predicted octanol–water partition coefficient (Wildman–Crippen LogP) is 2.81. The van der Waals surface area contributed by atoms with Crippen molar-refractivity contribution in [3.8, 4) is 0 Å². The molecule has 1 aromatic rings. The minimum atomic E-state index is 0.164. The van der Waals surface area contributed by atoms with Gasteiger partial charge in [-0.2, -0.15) is 0 Å². The van der Waals surface area contributed by atoms with Crippen LogP contribution in [0.1, 0.15) is 31.2 Å². The molecule has 0 aromatic heterocycles. The molecule has 1 saturated carbocycles. The lowest BCUT2D eigenvalue weighted by Crippen LogP contribution is -2.25. The highest BCUT2D eigenvalue weighted by atomic mass is 79.9. The Bertz CT molecular complexity index is 472. The Morgan fingerprint density at radius 3 is 2.89 bits per heavy atom. The predicted molar refractivity (Wildman–Crippen MR) is 82.2 cm³/mol. The minimum absolute atomic E-state index is 0.164. The van der Waals surface area contributed by atoms with Crippen LogP contribution in [0.3, 0.4) is 0 Å². The highest BCUT2D eigenvalue weighted by Gasteiger charge is 2.22. The van der Waals surface area contributed by atoms with Gasteiger partial charge in [0, 0.05) is 34.9 Å². The Hall–Kier alpha value is -1.23. The first-order valence-corrected chi connectivity index (χ1v) is 7.44. The first-order chi connectivity index (χ1) is 9.06. The monoisotopic (exact) mass is 325 g/mol. The number of nitrogen functional groups attached to an aromatic ring is 1. The second-order valence-electron chi connectivity index (χ2n) is 5.06. The van der Waals surface area contributed by atoms with Gasteiger partial charge in [0.25, 0.3) is 0 Å². The Labute approximate surface area is 122 Å². The summed E-state index contributed by atoms with van der Waals surface area (Å²) in [6.07, 6.45) is 3.69. The van der Waals surface area contributed by atoms with Crippen LogP contribution >= 0.6 is 15.9 Å². The molecule has 4 N–H and O–H groups in total. The number of hydrogen-bond acceptors (Lipinski definition) is 3. The van der Waals surface area contributed by atoms with E-state index >= 15 is 0 Å². The van der Waals surface area contributed by atoms with Gasteiger partial charge in [-0.3, -0.25) is 4.79 Å². The third-order valence-corrected chi connectivity index (χ3v) is 3.85. The van der Waals surface area contributed by atoms with Crippen LogP contribution in [0.5, 0.6) is 0 Å². The highest BCUT2D eigenvalue weighted by molar-refractivity contribution is 9.10. The van der Waals surface area contributed by atoms with Crippen LogP contribution in [0.25, 0.3) is 0 Å². The summed E-state index contributed by atoms with van der Waals surface area (Å²) in [6.45, 7) is 2.76. The van der Waals surface area contributed by atoms with Crippen molar-refractivity contribution in [3.63, 3.8) is 0 Å². The van der Waals surface area contributed by atoms with E-state index in [-0.39, 0.29) is 5.91 Å². The van der Waals surface area contributed by atoms with Gasteiger partial charge in [-0.05, 0) is 59.8 Å². The van der Waals surface area contributed by atoms with Crippen LogP contribution in [-0.2, 0) is 4.79 Å². The molecule has 0 atom stereocenters. The average Bonchev–Trinajstić information content (AvgIpc) is 3.14. The number of halogens is 1. The van der Waals surface area contributed by atoms with Gasteiger partial charge < -0.3 is 16.4 Å². The molecule has 2 rings (SSSR count). The van der Waals surface area contributed by atoms with Crippen molar-refractivity contribution in [2.24, 2.45) is 0 Å². The minimum Gasteiger partial charge on any atom is -0.398 e. The summed E-state index contributed by atoms with van der Waals surface area (Å²) in [5.41, 5.74) is 8.68. The normalized spacial score (nSPS) is 14.2. The first kappa shape index (κ1) is 14.2. The molecule has 104 valence electrons. The molecule has 0 heterocycles. The van der Waals surface area contributed by atoms with Gasteiger partial charge in [-0.25, -0.2) is 0 Å². The van der Waals surface area contributed by atoms with E-state index < -0.39 is 0 Å². The summed E-state index contributed by atoms with van der Waals surface area (Å²) in [6, 6.07) is 4.37. The van der Waals surface area contributed by atoms with Crippen molar-refractivity contribution in [1.29, 1.82) is 0 Å². The van der Waals surface area contributed by atoms with Gasteiger partial charge in [-0.15, -0.1) is 0 Å². The Morgan fingerprint density at radius 1 is 1.47 bits per heavy atom. The molecule has 19 heavy (non-hydrogen) atoms. The van der Waals surface area contributed by atoms with Crippen molar-refractivity contribution in [2.75, 3.05) is 17.6 Å². The maximum atomic E-state index is 11.5. The maximum absolute atomic E-state index is 11.5. The summed E-state index contributed by atoms with van der Waals surface area (Å²) in [5, 5.41) is 6.31. The molecule has 1 fully saturated rings. The standard InChI is InChI=1S/C14H20BrN3O/c1-9-7-13(11(15)8-12(9)16)17-6-2-3-14(19)18-10-4-5-10/h7-8,10,17H,2-6,16H2,1H3,(H,18,19). The molecule has 0 unspecified atom stereocenters. The second-order valence-corrected chi connectivity index (χ2v) is 5.92. The van der Waals surface area contributed by atoms with Crippen LogP contribution < -0.4 is 16.4 Å². The van der Waals surface area contributed by atoms with Crippen molar-refractivity contribution in [2.45, 2.75) is 38.6 Å². The van der Waals surface area contributed by atoms with E-state index in [1.165, 1.54) is 0 Å². The SMILES string of the molecule is Cc1cc(NCCCC(=O)NC2CC2)c(Br)cc1N. The van der Waals surface area contributed by atoms with Crippen molar-refractivity contribution in [1.82, 2.24) is 5.32 Å². The van der Waals surface area contributed by atoms with E-state index in [1.54, 1.807) is 0 Å². The molecule has 0 spiro atoms. The number of nitrogens with two attached hydrogens (primary N) is 1. The lowest BCUT2D eigenvalue weighted by molar-refractivity contribution is -0.121. The lowest BCUT2D eigenvalue weighted by Gasteiger charge is -2.11. The topological polar surface area (TPSA) is 67.2 Å². The van der Waals surface area contributed by atoms with E-state index in [9.17, 15) is 4.79 Å². The Balaban J connectivity index is 1.72. The maximum Gasteiger partial charge on any atom is 0.220 e. The fraction of sp³-hybridized carbons (Fsp3) is 0.500. The molecule has 5 heteroatoms. The molecule has 1 aliphatic carbocycles. The summed E-state index contributed by atoms with van der Waals surface area (Å²) < 4.78 is 0.957. The lowest BCUT2D eigenvalue weighted by atomic mass is 10.2. The van der Waals surface area contributed by atoms with E-state index in [0.717, 1.165) is 47.2 Å². The number of carbonyl (C=O) groups is 1. The third kappa shape index (κ3) is 4.42. The molecule has 0 aliphatic heterocycles. The first-order valence-electron chi connectivity index (χ1n) is 6.65. The van der Waals surface area contributed by atoms with Crippen molar-refractivity contribution < 1.29 is 4.79 Å². The molecular weight excluding hydrogens is 306 g/mol. The number of carbonyl (C=O) groups excluding carboxylic acids is 1. The number of aryl methyl sites for hydroxylation is 1. The van der Waals surface area contributed by atoms with Crippen LogP contribution in [0.2, 0.25) is 0 Å². The van der Waals surface area contributed by atoms with Gasteiger partial charge >= 0.3 is 0 Å². The van der Waals surface area contributed by atoms with E-state index in [4.69, 9.17) is 5.73 Å². The zero-order valence-electron chi connectivity index (χ0n) is 11.1. The van der Waals surface area contributed by atoms with Gasteiger partial charge in [0.1, 0.15) is 0 Å². The molecule has 0 saturated heterocycles. The van der Waals surface area contributed by atoms with Crippen LogP contribution in [0.15, 0.2) is 16.6 Å². The molecule has 1 aromatic carbocycles. The average molecular weight is 326 g/mol. The second kappa shape index (κ2) is 6.28. The highest BCUT2D eigenvalue weighted by Crippen LogP contribution is 2.27. The third-order valence-electron chi connectivity index (χ3n) is 3.19. The zero-order valence-corrected chi connectivity index (χ0v) is 12.7. The molecule has 0 radical (unpaired) electrons. The Kier molecular flexibility index (Phi) is 4.69. The smallest absolute Gasteiger partial charge is 0.220 e. The molecule has 1 amide bonds. The van der Waals surface area contributed by atoms with Gasteiger partial charge in [-0.1, -0.05) is 0 Å². The number of hydrogen-bond donors (Lipinski definition) is 3. The van der Waals surface area contributed by atoms with Crippen LogP contribution in [0.4, 0.5) is 11.4 Å². The quantitative estimate of drug-likeness (QED) is 0.556. The fourth-order valence-electron chi connectivity index (χ4n) is 1.83. The molecule has 4 nitrogen and oxygen atoms in total. The van der Waals surface area contributed by atoms with Crippen LogP contribution in [-0.4, -0.2) is 18.5 Å². The van der Waals surface area contributed by atoms with Crippen molar-refractivity contribution >= 4 is 33.2 Å². The molecular formula is C14H20BrN3O. The zero-order chi connectivity index (χ0) is 13.8. The summed E-state index contributed by atoms with van der Waals surface area (Å²) in [5.74, 6) is 0.164. The summed E-state index contributed by atoms with van der Waals surface area (Å²) in [4.78, 5) is 11.5. The van der Waals surface area contributed by atoms with Gasteiger partial charge in [0.05, 0.1) is 0 Å². The van der Waals surface area contributed by atoms with E-state index in [2.05, 4.69) is 26.6 Å². The summed E-state index contributed by atoms with van der Waals surface area (Å²) in [7, 11) is 0. The summed E-state index contributed by atoms with van der Waals surface area (Å²) >= 11 is 3.48. The number of rotatable bonds is 6. The van der Waals surface area contributed by atoms with E-state index in [1.807, 2.05) is 19.1 Å². The van der Waals surface area contributed by atoms with Crippen LogP contribution in [0, 0.1) is 6.92 Å². The molecule has 0 bridgehead atoms. The molecule has 1 aliphatic rings. The van der Waals surface area contributed by atoms with Gasteiger partial charge in [0.2, 0.25) is 5.91 Å². The number of nitrogens with one attached hydrogen (secondary N) is 2. The van der Waals surface area contributed by atoms with Crippen molar-refractivity contribution in [3.05, 3.63) is 22.2 Å². The van der Waals surface area contributed by atoms with E-state index in [0.29, 0.717) is 12.5 Å². The number of amides is 1. The van der Waals surface area contributed by atoms with Gasteiger partial charge in [0.15, 0.2) is 0 Å². The largest absolute Gasteiger partial charge is 0.398 e. The number of benzene rings is 1. The fourth-order valence-corrected chi connectivity index (χ4v) is 2.33. The Morgan fingerprint density at radius 2 is 2.21 bits per heavy atom. The number of anilines is 2.